The number of carboxylic acid groups (broad SMARTS) is 2. The van der Waals surface area contributed by atoms with Gasteiger partial charge in [-0.1, -0.05) is 44.1 Å². The van der Waals surface area contributed by atoms with E-state index in [-0.39, 0.29) is 11.3 Å². The van der Waals surface area contributed by atoms with Gasteiger partial charge in [0.25, 0.3) is 0 Å². The fourth-order valence-corrected chi connectivity index (χ4v) is 5.17. The maximum Gasteiger partial charge on any atom is 0.328 e. The minimum atomic E-state index is -1.26. The van der Waals surface area contributed by atoms with Gasteiger partial charge in [0.15, 0.2) is 0 Å². The molecule has 0 aromatic heterocycles. The Bertz CT molecular complexity index is 954. The summed E-state index contributed by atoms with van der Waals surface area (Å²) in [6.45, 7) is 9.70. The van der Waals surface area contributed by atoms with E-state index in [1.54, 1.807) is 0 Å². The summed E-state index contributed by atoms with van der Waals surface area (Å²) >= 11 is 0. The highest BCUT2D eigenvalue weighted by Gasteiger charge is 2.55. The summed E-state index contributed by atoms with van der Waals surface area (Å²) in [5.74, 6) is -1.39. The van der Waals surface area contributed by atoms with Crippen LogP contribution in [0, 0.1) is 11.3 Å². The molecule has 0 saturated heterocycles. The molecule has 3 rings (SSSR count). The lowest BCUT2D eigenvalue weighted by atomic mass is 9.49. The van der Waals surface area contributed by atoms with Crippen molar-refractivity contribution in [2.45, 2.75) is 64.7 Å². The van der Waals surface area contributed by atoms with Crippen LogP contribution in [0.1, 0.15) is 69.6 Å². The van der Waals surface area contributed by atoms with Gasteiger partial charge in [-0.2, -0.15) is 0 Å². The largest absolute Gasteiger partial charge is 0.478 e. The van der Waals surface area contributed by atoms with Crippen molar-refractivity contribution in [1.82, 2.24) is 0 Å². The number of fused-ring (bicyclic) bond motifs is 3. The van der Waals surface area contributed by atoms with Crippen molar-refractivity contribution in [1.29, 1.82) is 0 Å². The van der Waals surface area contributed by atoms with E-state index >= 15 is 0 Å². The first-order chi connectivity index (χ1) is 16.0. The van der Waals surface area contributed by atoms with E-state index in [4.69, 9.17) is 20.8 Å². The molecule has 34 heavy (non-hydrogen) atoms. The van der Waals surface area contributed by atoms with Crippen molar-refractivity contribution in [2.75, 3.05) is 13.2 Å². The van der Waals surface area contributed by atoms with Crippen molar-refractivity contribution in [3.63, 3.8) is 0 Å². The van der Waals surface area contributed by atoms with Crippen molar-refractivity contribution >= 4 is 23.9 Å². The van der Waals surface area contributed by atoms with Crippen LogP contribution in [0.15, 0.2) is 35.5 Å². The van der Waals surface area contributed by atoms with Gasteiger partial charge in [0.1, 0.15) is 12.4 Å². The number of carbonyl (C=O) groups excluding carboxylic acids is 1. The molecule has 1 saturated carbocycles. The van der Waals surface area contributed by atoms with Crippen LogP contribution in [0.3, 0.4) is 0 Å². The van der Waals surface area contributed by atoms with Crippen molar-refractivity contribution in [3.8, 4) is 0 Å². The van der Waals surface area contributed by atoms with E-state index in [0.717, 1.165) is 19.3 Å². The van der Waals surface area contributed by atoms with Gasteiger partial charge in [-0.25, -0.2) is 9.59 Å². The van der Waals surface area contributed by atoms with Crippen LogP contribution in [0.2, 0.25) is 0 Å². The third-order valence-electron chi connectivity index (χ3n) is 7.02. The monoisotopic (exact) mass is 472 g/mol. The van der Waals surface area contributed by atoms with E-state index in [1.165, 1.54) is 16.7 Å². The van der Waals surface area contributed by atoms with Gasteiger partial charge < -0.3 is 20.8 Å². The molecule has 4 N–H and O–H groups in total. The number of oxime groups is 1. The van der Waals surface area contributed by atoms with Gasteiger partial charge in [0.05, 0.1) is 5.41 Å². The highest BCUT2D eigenvalue weighted by Crippen LogP contribution is 2.55. The molecule has 3 atom stereocenters. The number of Topliss-reactive ketones (excluding diaryl/α,β-unsaturated/α-hetero) is 1. The zero-order valence-corrected chi connectivity index (χ0v) is 20.4. The van der Waals surface area contributed by atoms with Crippen molar-refractivity contribution in [3.05, 3.63) is 47.0 Å². The molecule has 1 aromatic rings. The standard InChI is InChI=1S/C22H32N2O2.C4H4O4/c1-15(2)16-5-7-18-17(13-16)6-8-19-21(3,14-24-26-12-11-23)10-9-20(25)22(18,19)4;5-3(6)1-2-4(7)8/h5,7,13-15,19H,6,8-12,23H2,1-4H3;1-2H,(H,5,6)(H,7,8)/b24-14+;2-1+/t19-,21-,22+;/m0./s1. The Morgan fingerprint density at radius 1 is 1.21 bits per heavy atom. The quantitative estimate of drug-likeness (QED) is 0.238. The van der Waals surface area contributed by atoms with E-state index < -0.39 is 17.4 Å². The number of aryl methyl sites for hydroxylation is 1. The zero-order valence-electron chi connectivity index (χ0n) is 20.4. The maximum absolute atomic E-state index is 13.1. The summed E-state index contributed by atoms with van der Waals surface area (Å²) in [7, 11) is 0. The highest BCUT2D eigenvalue weighted by molar-refractivity contribution is 5.93. The first-order valence-electron chi connectivity index (χ1n) is 11.6. The first-order valence-corrected chi connectivity index (χ1v) is 11.6. The number of carbonyl (C=O) groups is 3. The number of nitrogens with two attached hydrogens (primary N) is 1. The lowest BCUT2D eigenvalue weighted by Gasteiger charge is -2.52. The fraction of sp³-hybridized carbons (Fsp3) is 0.538. The van der Waals surface area contributed by atoms with Gasteiger partial charge in [-0.05, 0) is 54.7 Å². The predicted octanol–water partition coefficient (Wildman–Crippen LogP) is 3.67. The molecule has 0 radical (unpaired) electrons. The molecule has 0 bridgehead atoms. The molecular weight excluding hydrogens is 436 g/mol. The third-order valence-corrected chi connectivity index (χ3v) is 7.02. The molecule has 0 heterocycles. The SMILES string of the molecule is CC(C)c1ccc2c(c1)CC[C@H]1[C@](C)(/C=N/OCCN)CCC(=O)[C@]21C.O=C(O)/C=C/C(=O)O. The van der Waals surface area contributed by atoms with E-state index in [2.05, 4.69) is 51.0 Å². The minimum Gasteiger partial charge on any atom is -0.478 e. The Morgan fingerprint density at radius 3 is 2.41 bits per heavy atom. The Labute approximate surface area is 200 Å². The number of benzene rings is 1. The average Bonchev–Trinajstić information content (AvgIpc) is 2.78. The summed E-state index contributed by atoms with van der Waals surface area (Å²) in [5, 5.41) is 19.8. The molecule has 1 aromatic carbocycles. The van der Waals surface area contributed by atoms with Crippen LogP contribution in [0.4, 0.5) is 0 Å². The summed E-state index contributed by atoms with van der Waals surface area (Å²) in [6.07, 6.45) is 6.52. The molecule has 0 amide bonds. The molecule has 8 nitrogen and oxygen atoms in total. The molecule has 1 fully saturated rings. The number of ketones is 1. The highest BCUT2D eigenvalue weighted by atomic mass is 16.6. The smallest absolute Gasteiger partial charge is 0.328 e. The summed E-state index contributed by atoms with van der Waals surface area (Å²) in [5.41, 5.74) is 8.83. The van der Waals surface area contributed by atoms with Crippen LogP contribution < -0.4 is 5.73 Å². The molecular formula is C26H36N2O6. The van der Waals surface area contributed by atoms with Gasteiger partial charge in [-0.15, -0.1) is 0 Å². The second-order valence-corrected chi connectivity index (χ2v) is 9.66. The van der Waals surface area contributed by atoms with Gasteiger partial charge >= 0.3 is 11.9 Å². The normalized spacial score (nSPS) is 26.1. The lowest BCUT2D eigenvalue weighted by molar-refractivity contribution is -0.134. The molecule has 0 spiro atoms. The first kappa shape index (κ1) is 27.2. The Kier molecular flexibility index (Phi) is 9.15. The molecule has 186 valence electrons. The van der Waals surface area contributed by atoms with Crippen LogP contribution >= 0.6 is 0 Å². The zero-order chi connectivity index (χ0) is 25.5. The van der Waals surface area contributed by atoms with Gasteiger partial charge in [0, 0.05) is 36.7 Å². The van der Waals surface area contributed by atoms with E-state index in [1.807, 2.05) is 6.21 Å². The summed E-state index contributed by atoms with van der Waals surface area (Å²) in [6, 6.07) is 6.73. The molecule has 8 heteroatoms. The number of nitrogens with zero attached hydrogens (tertiary/aromatic N) is 1. The van der Waals surface area contributed by atoms with Gasteiger partial charge in [-0.3, -0.25) is 4.79 Å². The lowest BCUT2D eigenvalue weighted by Crippen LogP contribution is -2.55. The van der Waals surface area contributed by atoms with Crippen molar-refractivity contribution < 1.29 is 29.4 Å². The number of rotatable bonds is 7. The van der Waals surface area contributed by atoms with Crippen LogP contribution in [-0.4, -0.2) is 47.3 Å². The second-order valence-electron chi connectivity index (χ2n) is 9.66. The molecule has 0 aliphatic heterocycles. The maximum atomic E-state index is 13.1. The predicted molar refractivity (Wildman–Crippen MR) is 130 cm³/mol. The summed E-state index contributed by atoms with van der Waals surface area (Å²) in [4.78, 5) is 37.5. The van der Waals surface area contributed by atoms with Gasteiger partial charge in [0.2, 0.25) is 0 Å². The minimum absolute atomic E-state index is 0.133. The Balaban J connectivity index is 0.000000440. The average molecular weight is 473 g/mol. The number of carboxylic acids is 2. The molecule has 0 unspecified atom stereocenters. The van der Waals surface area contributed by atoms with Crippen LogP contribution in [0.5, 0.6) is 0 Å². The number of aliphatic carboxylic acids is 2. The second kappa shape index (κ2) is 11.4. The molecule has 2 aliphatic carbocycles. The number of hydrogen-bond acceptors (Lipinski definition) is 6. The molecule has 2 aliphatic rings. The topological polar surface area (TPSA) is 139 Å². The van der Waals surface area contributed by atoms with Crippen LogP contribution in [0.25, 0.3) is 0 Å². The van der Waals surface area contributed by atoms with Crippen molar-refractivity contribution in [2.24, 2.45) is 22.2 Å². The Morgan fingerprint density at radius 2 is 1.85 bits per heavy atom. The fourth-order valence-electron chi connectivity index (χ4n) is 5.17. The van der Waals surface area contributed by atoms with E-state index in [0.29, 0.717) is 43.4 Å². The van der Waals surface area contributed by atoms with Crippen LogP contribution in [-0.2, 0) is 31.1 Å². The van der Waals surface area contributed by atoms with E-state index in [9.17, 15) is 14.4 Å². The third kappa shape index (κ3) is 6.11. The summed E-state index contributed by atoms with van der Waals surface area (Å²) < 4.78 is 0. The number of hydrogen-bond donors (Lipinski definition) is 3. The Hall–Kier alpha value is -3.00.